The van der Waals surface area contributed by atoms with Crippen LogP contribution >= 0.6 is 11.9 Å². The molecule has 0 aliphatic heterocycles. The van der Waals surface area contributed by atoms with E-state index in [1.807, 2.05) is 42.7 Å². The van der Waals surface area contributed by atoms with Gasteiger partial charge in [-0.25, -0.2) is 4.98 Å². The molecule has 7 heteroatoms. The average molecular weight is 355 g/mol. The van der Waals surface area contributed by atoms with Crippen LogP contribution in [0.25, 0.3) is 10.9 Å². The third-order valence-corrected chi connectivity index (χ3v) is 4.80. The summed E-state index contributed by atoms with van der Waals surface area (Å²) in [4.78, 5) is 23.9. The molecule has 2 N–H and O–H groups in total. The highest BCUT2D eigenvalue weighted by Gasteiger charge is 2.12. The molecule has 2 heterocycles. The van der Waals surface area contributed by atoms with E-state index in [0.29, 0.717) is 24.1 Å². The van der Waals surface area contributed by atoms with E-state index in [1.165, 1.54) is 0 Å². The van der Waals surface area contributed by atoms with Crippen LogP contribution in [-0.4, -0.2) is 27.2 Å². The number of anilines is 2. The third kappa shape index (κ3) is 3.93. The monoisotopic (exact) mass is 355 g/mol. The first-order valence-electron chi connectivity index (χ1n) is 8.09. The molecule has 0 saturated carbocycles. The van der Waals surface area contributed by atoms with Crippen molar-refractivity contribution in [2.24, 2.45) is 0 Å². The molecule has 3 aromatic rings. The first-order chi connectivity index (χ1) is 12.1. The highest BCUT2D eigenvalue weighted by Crippen LogP contribution is 2.22. The Kier molecular flexibility index (Phi) is 5.23. The van der Waals surface area contributed by atoms with Crippen molar-refractivity contribution in [2.75, 3.05) is 15.9 Å². The van der Waals surface area contributed by atoms with Gasteiger partial charge in [0.05, 0.1) is 0 Å². The number of aromatic amines is 1. The van der Waals surface area contributed by atoms with Crippen LogP contribution in [0.2, 0.25) is 0 Å². The minimum Gasteiger partial charge on any atom is -0.350 e. The summed E-state index contributed by atoms with van der Waals surface area (Å²) in [5.41, 5.74) is 1.38. The molecule has 0 atom stereocenters. The Labute approximate surface area is 150 Å². The molecule has 0 radical (unpaired) electrons. The highest BCUT2D eigenvalue weighted by atomic mass is 32.2. The fourth-order valence-electron chi connectivity index (χ4n) is 2.62. The number of pyridine rings is 1. The van der Waals surface area contributed by atoms with Crippen LogP contribution in [0, 0.1) is 0 Å². The summed E-state index contributed by atoms with van der Waals surface area (Å²) >= 11 is 1.62. The van der Waals surface area contributed by atoms with Gasteiger partial charge >= 0.3 is 0 Å². The van der Waals surface area contributed by atoms with Crippen LogP contribution in [0.15, 0.2) is 47.4 Å². The van der Waals surface area contributed by atoms with Crippen LogP contribution in [0.3, 0.4) is 0 Å². The van der Waals surface area contributed by atoms with E-state index in [9.17, 15) is 4.79 Å². The number of benzene rings is 1. The predicted octanol–water partition coefficient (Wildman–Crippen LogP) is 3.42. The molecule has 3 rings (SSSR count). The molecule has 0 spiro atoms. The molecule has 0 aliphatic rings. The Morgan fingerprint density at radius 2 is 2.08 bits per heavy atom. The first-order valence-corrected chi connectivity index (χ1v) is 9.28. The van der Waals surface area contributed by atoms with E-state index in [4.69, 9.17) is 0 Å². The number of fused-ring (bicyclic) bond motifs is 1. The summed E-state index contributed by atoms with van der Waals surface area (Å²) in [5.74, 6) is 1.34. The summed E-state index contributed by atoms with van der Waals surface area (Å²) < 4.78 is 2.11. The molecular weight excluding hydrogens is 334 g/mol. The largest absolute Gasteiger partial charge is 0.350 e. The molecule has 130 valence electrons. The predicted molar refractivity (Wildman–Crippen MR) is 105 cm³/mol. The summed E-state index contributed by atoms with van der Waals surface area (Å²) in [6.45, 7) is 4.59. The topological polar surface area (TPSA) is 73.9 Å². The number of nitrogens with zero attached hydrogens (tertiary/aromatic N) is 3. The number of rotatable bonds is 6. The lowest BCUT2D eigenvalue weighted by atomic mass is 10.1. The molecule has 25 heavy (non-hydrogen) atoms. The highest BCUT2D eigenvalue weighted by molar-refractivity contribution is 8.00. The van der Waals surface area contributed by atoms with Crippen molar-refractivity contribution in [3.8, 4) is 0 Å². The quantitative estimate of drug-likeness (QED) is 0.660. The number of nitrogens with one attached hydrogen (secondary N) is 2. The van der Waals surface area contributed by atoms with Gasteiger partial charge in [-0.2, -0.15) is 4.98 Å². The second-order valence-electron chi connectivity index (χ2n) is 5.91. The molecule has 0 amide bonds. The fourth-order valence-corrected chi connectivity index (χ4v) is 3.33. The van der Waals surface area contributed by atoms with Crippen molar-refractivity contribution in [1.29, 1.82) is 0 Å². The van der Waals surface area contributed by atoms with Gasteiger partial charge in [-0.1, -0.05) is 30.1 Å². The van der Waals surface area contributed by atoms with Gasteiger partial charge in [-0.05, 0) is 31.4 Å². The van der Waals surface area contributed by atoms with E-state index in [2.05, 4.69) is 38.4 Å². The average Bonchev–Trinajstić information content (AvgIpc) is 2.60. The van der Waals surface area contributed by atoms with Gasteiger partial charge in [0.25, 0.3) is 5.56 Å². The van der Waals surface area contributed by atoms with Gasteiger partial charge in [-0.15, -0.1) is 0 Å². The third-order valence-electron chi connectivity index (χ3n) is 3.80. The van der Waals surface area contributed by atoms with Gasteiger partial charge < -0.3 is 10.3 Å². The van der Waals surface area contributed by atoms with Crippen molar-refractivity contribution in [3.63, 3.8) is 0 Å². The lowest BCUT2D eigenvalue weighted by molar-refractivity contribution is 0.823. The Hall–Kier alpha value is -2.54. The standard InChI is InChI=1S/C18H21N5OS/c1-12(2)23(25-3)16-8-9-19-18(22-16)20-11-14-10-13-6-4-5-7-15(13)21-17(14)24/h4-10,12H,11H2,1-3H3,(H,21,24)(H,19,20,22). The van der Waals surface area contributed by atoms with Gasteiger partial charge in [0, 0.05) is 42.2 Å². The van der Waals surface area contributed by atoms with Gasteiger partial charge in [0.2, 0.25) is 5.95 Å². The zero-order valence-electron chi connectivity index (χ0n) is 14.5. The first kappa shape index (κ1) is 17.3. The molecule has 2 aromatic heterocycles. The molecule has 0 saturated heterocycles. The van der Waals surface area contributed by atoms with E-state index in [-0.39, 0.29) is 5.56 Å². The number of hydrogen-bond donors (Lipinski definition) is 2. The second kappa shape index (κ2) is 7.57. The Morgan fingerprint density at radius 3 is 2.84 bits per heavy atom. The van der Waals surface area contributed by atoms with Gasteiger partial charge in [0.15, 0.2) is 0 Å². The van der Waals surface area contributed by atoms with Crippen LogP contribution in [-0.2, 0) is 6.54 Å². The van der Waals surface area contributed by atoms with E-state index < -0.39 is 0 Å². The number of para-hydroxylation sites is 1. The lowest BCUT2D eigenvalue weighted by Gasteiger charge is -2.24. The summed E-state index contributed by atoms with van der Waals surface area (Å²) in [6, 6.07) is 11.8. The van der Waals surface area contributed by atoms with Crippen molar-refractivity contribution >= 4 is 34.6 Å². The Balaban J connectivity index is 1.80. The maximum absolute atomic E-state index is 12.2. The Morgan fingerprint density at radius 1 is 1.28 bits per heavy atom. The normalized spacial score (nSPS) is 11.0. The summed E-state index contributed by atoms with van der Waals surface area (Å²) in [5, 5.41) is 4.15. The molecule has 6 nitrogen and oxygen atoms in total. The van der Waals surface area contributed by atoms with E-state index >= 15 is 0 Å². The van der Waals surface area contributed by atoms with Crippen LogP contribution in [0.5, 0.6) is 0 Å². The number of hydrogen-bond acceptors (Lipinski definition) is 6. The molecule has 0 unspecified atom stereocenters. The molecule has 1 aromatic carbocycles. The minimum absolute atomic E-state index is 0.102. The van der Waals surface area contributed by atoms with E-state index in [1.54, 1.807) is 18.1 Å². The second-order valence-corrected chi connectivity index (χ2v) is 6.66. The van der Waals surface area contributed by atoms with Crippen LogP contribution < -0.4 is 15.2 Å². The Bertz CT molecular complexity index is 924. The summed E-state index contributed by atoms with van der Waals surface area (Å²) in [7, 11) is 0. The maximum atomic E-state index is 12.2. The zero-order chi connectivity index (χ0) is 17.8. The molecule has 0 bridgehead atoms. The molecule has 0 aliphatic carbocycles. The van der Waals surface area contributed by atoms with Gasteiger partial charge in [0.1, 0.15) is 5.82 Å². The van der Waals surface area contributed by atoms with Crippen LogP contribution in [0.4, 0.5) is 11.8 Å². The zero-order valence-corrected chi connectivity index (χ0v) is 15.3. The molecule has 0 fully saturated rings. The number of H-pyrrole nitrogens is 1. The van der Waals surface area contributed by atoms with Crippen molar-refractivity contribution < 1.29 is 0 Å². The number of aromatic nitrogens is 3. The minimum atomic E-state index is -0.102. The van der Waals surface area contributed by atoms with E-state index in [0.717, 1.165) is 16.7 Å². The van der Waals surface area contributed by atoms with Gasteiger partial charge in [-0.3, -0.25) is 9.10 Å². The van der Waals surface area contributed by atoms with Crippen LogP contribution in [0.1, 0.15) is 19.4 Å². The van der Waals surface area contributed by atoms with Crippen molar-refractivity contribution in [1.82, 2.24) is 15.0 Å². The SMILES string of the molecule is CSN(c1ccnc(NCc2cc3ccccc3[nH]c2=O)n1)C(C)C. The van der Waals surface area contributed by atoms with Crippen molar-refractivity contribution in [2.45, 2.75) is 26.4 Å². The smallest absolute Gasteiger partial charge is 0.253 e. The lowest BCUT2D eigenvalue weighted by Crippen LogP contribution is -2.24. The molecular formula is C18H21N5OS. The summed E-state index contributed by atoms with van der Waals surface area (Å²) in [6.07, 6.45) is 3.74. The fraction of sp³-hybridized carbons (Fsp3) is 0.278. The van der Waals surface area contributed by atoms with Crippen molar-refractivity contribution in [3.05, 3.63) is 58.5 Å². The maximum Gasteiger partial charge on any atom is 0.253 e.